The molecule has 0 bridgehead atoms. The monoisotopic (exact) mass is 464 g/mol. The van der Waals surface area contributed by atoms with Crippen molar-refractivity contribution in [1.82, 2.24) is 9.97 Å². The molecule has 0 saturated carbocycles. The molecule has 5 rings (SSSR count). The van der Waals surface area contributed by atoms with Gasteiger partial charge in [0, 0.05) is 11.6 Å². The van der Waals surface area contributed by atoms with Crippen LogP contribution in [0.5, 0.6) is 11.5 Å². The van der Waals surface area contributed by atoms with Crippen molar-refractivity contribution in [1.29, 1.82) is 0 Å². The maximum Gasteiger partial charge on any atom is 0.511 e. The van der Waals surface area contributed by atoms with Crippen molar-refractivity contribution in [3.63, 3.8) is 0 Å². The average molecular weight is 464 g/mol. The Morgan fingerprint density at radius 3 is 2.35 bits per heavy atom. The van der Waals surface area contributed by atoms with Gasteiger partial charge >= 0.3 is 12.3 Å². The van der Waals surface area contributed by atoms with Crippen LogP contribution in [-0.2, 0) is 6.18 Å². The van der Waals surface area contributed by atoms with Crippen LogP contribution in [0, 0.1) is 0 Å². The molecular formula is C25H15F3N2O4. The van der Waals surface area contributed by atoms with Gasteiger partial charge in [-0.15, -0.1) is 0 Å². The summed E-state index contributed by atoms with van der Waals surface area (Å²) in [6.45, 7) is 0. The van der Waals surface area contributed by atoms with Gasteiger partial charge in [-0.2, -0.15) is 13.2 Å². The van der Waals surface area contributed by atoms with Gasteiger partial charge in [0.15, 0.2) is 0 Å². The Morgan fingerprint density at radius 1 is 0.912 bits per heavy atom. The maximum absolute atomic E-state index is 12.9. The Bertz CT molecular complexity index is 1560. The number of hydrogen-bond donors (Lipinski definition) is 3. The predicted octanol–water partition coefficient (Wildman–Crippen LogP) is 6.83. The molecule has 170 valence electrons. The van der Waals surface area contributed by atoms with E-state index >= 15 is 0 Å². The van der Waals surface area contributed by atoms with E-state index in [1.165, 1.54) is 24.3 Å². The summed E-state index contributed by atoms with van der Waals surface area (Å²) < 4.78 is 43.2. The standard InChI is InChI=1S/C25H15F3N2O4/c26-25(27,28)17-7-4-13(5-8-17)14-2-1-3-16(10-14)23-29-19-9-6-15-11-18(34-24(32)33)12-20(31)21(15)22(19)30-23/h1-12,31H,(H,29,30)(H,32,33). The molecule has 0 fully saturated rings. The van der Waals surface area contributed by atoms with Crippen molar-refractivity contribution in [2.24, 2.45) is 0 Å². The van der Waals surface area contributed by atoms with Gasteiger partial charge in [-0.25, -0.2) is 9.78 Å². The summed E-state index contributed by atoms with van der Waals surface area (Å²) >= 11 is 0. The van der Waals surface area contributed by atoms with Gasteiger partial charge in [-0.05, 0) is 46.8 Å². The summed E-state index contributed by atoms with van der Waals surface area (Å²) in [7, 11) is 0. The Hall–Kier alpha value is -4.53. The summed E-state index contributed by atoms with van der Waals surface area (Å²) in [5.74, 6) is 0.300. The minimum Gasteiger partial charge on any atom is -0.507 e. The van der Waals surface area contributed by atoms with Crippen molar-refractivity contribution in [3.05, 3.63) is 78.4 Å². The first kappa shape index (κ1) is 21.3. The zero-order chi connectivity index (χ0) is 24.0. The normalized spacial score (nSPS) is 11.7. The van der Waals surface area contributed by atoms with Crippen molar-refractivity contribution < 1.29 is 32.9 Å². The zero-order valence-electron chi connectivity index (χ0n) is 17.2. The summed E-state index contributed by atoms with van der Waals surface area (Å²) in [5, 5.41) is 20.3. The Balaban J connectivity index is 1.56. The van der Waals surface area contributed by atoms with Gasteiger partial charge in [0.2, 0.25) is 0 Å². The molecule has 6 nitrogen and oxygen atoms in total. The molecule has 4 aromatic carbocycles. The summed E-state index contributed by atoms with van der Waals surface area (Å²) in [5.41, 5.74) is 2.45. The minimum absolute atomic E-state index is 0.0168. The fourth-order valence-corrected chi connectivity index (χ4v) is 3.88. The van der Waals surface area contributed by atoms with E-state index in [4.69, 9.17) is 5.11 Å². The second-order valence-electron chi connectivity index (χ2n) is 7.61. The van der Waals surface area contributed by atoms with Crippen molar-refractivity contribution >= 4 is 28.0 Å². The highest BCUT2D eigenvalue weighted by atomic mass is 19.4. The van der Waals surface area contributed by atoms with Crippen LogP contribution in [0.1, 0.15) is 5.56 Å². The Kier molecular flexibility index (Phi) is 4.89. The topological polar surface area (TPSA) is 95.4 Å². The number of carbonyl (C=O) groups is 1. The summed E-state index contributed by atoms with van der Waals surface area (Å²) in [6, 6.07) is 18.3. The molecular weight excluding hydrogens is 449 g/mol. The number of alkyl halides is 3. The molecule has 1 aromatic heterocycles. The lowest BCUT2D eigenvalue weighted by molar-refractivity contribution is -0.137. The molecule has 0 aliphatic carbocycles. The molecule has 0 radical (unpaired) electrons. The second-order valence-corrected chi connectivity index (χ2v) is 7.61. The Morgan fingerprint density at radius 2 is 1.65 bits per heavy atom. The molecule has 34 heavy (non-hydrogen) atoms. The molecule has 0 aliphatic heterocycles. The van der Waals surface area contributed by atoms with Gasteiger partial charge < -0.3 is 19.9 Å². The third-order valence-electron chi connectivity index (χ3n) is 5.41. The minimum atomic E-state index is -4.40. The summed E-state index contributed by atoms with van der Waals surface area (Å²) in [4.78, 5) is 18.6. The van der Waals surface area contributed by atoms with Gasteiger partial charge in [-0.1, -0.05) is 36.4 Å². The number of phenolic OH excluding ortho intramolecular Hbond substituents is 1. The summed E-state index contributed by atoms with van der Waals surface area (Å²) in [6.07, 6.45) is -5.89. The van der Waals surface area contributed by atoms with E-state index in [1.807, 2.05) is 6.07 Å². The quantitative estimate of drug-likeness (QED) is 0.201. The van der Waals surface area contributed by atoms with E-state index in [1.54, 1.807) is 30.3 Å². The number of nitrogens with one attached hydrogen (secondary N) is 1. The number of carboxylic acid groups (broad SMARTS) is 1. The number of aromatic nitrogens is 2. The highest BCUT2D eigenvalue weighted by molar-refractivity contribution is 6.08. The number of fused-ring (bicyclic) bond motifs is 3. The van der Waals surface area contributed by atoms with Gasteiger partial charge in [0.25, 0.3) is 0 Å². The number of phenols is 1. The highest BCUT2D eigenvalue weighted by Gasteiger charge is 2.30. The van der Waals surface area contributed by atoms with Gasteiger partial charge in [0.1, 0.15) is 22.8 Å². The number of H-pyrrole nitrogens is 1. The largest absolute Gasteiger partial charge is 0.511 e. The van der Waals surface area contributed by atoms with E-state index in [-0.39, 0.29) is 11.5 Å². The van der Waals surface area contributed by atoms with E-state index in [0.29, 0.717) is 38.8 Å². The third-order valence-corrected chi connectivity index (χ3v) is 5.41. The SMILES string of the molecule is O=C(O)Oc1cc(O)c2c(ccc3[nH]c(-c4cccc(-c5ccc(C(F)(F)F)cc5)c4)nc32)c1. The van der Waals surface area contributed by atoms with E-state index in [2.05, 4.69) is 14.7 Å². The molecule has 1 heterocycles. The zero-order valence-corrected chi connectivity index (χ0v) is 17.2. The second kappa shape index (κ2) is 7.80. The first-order valence-corrected chi connectivity index (χ1v) is 10.0. The number of hydrogen-bond acceptors (Lipinski definition) is 4. The van der Waals surface area contributed by atoms with E-state index in [0.717, 1.165) is 17.7 Å². The molecule has 3 N–H and O–H groups in total. The van der Waals surface area contributed by atoms with Crippen LogP contribution < -0.4 is 4.74 Å². The first-order chi connectivity index (χ1) is 16.2. The molecule has 0 amide bonds. The van der Waals surface area contributed by atoms with Gasteiger partial charge in [0.05, 0.1) is 16.5 Å². The van der Waals surface area contributed by atoms with Crippen LogP contribution in [0.25, 0.3) is 44.3 Å². The molecule has 0 spiro atoms. The average Bonchev–Trinajstić information content (AvgIpc) is 3.22. The lowest BCUT2D eigenvalue weighted by atomic mass is 10.0. The van der Waals surface area contributed by atoms with Crippen molar-refractivity contribution in [2.45, 2.75) is 6.18 Å². The van der Waals surface area contributed by atoms with Crippen LogP contribution in [-0.4, -0.2) is 26.3 Å². The maximum atomic E-state index is 12.9. The lowest BCUT2D eigenvalue weighted by Gasteiger charge is -2.08. The predicted molar refractivity (Wildman–Crippen MR) is 120 cm³/mol. The number of nitrogens with zero attached hydrogens (tertiary/aromatic N) is 1. The number of ether oxygens (including phenoxy) is 1. The molecule has 0 aliphatic rings. The lowest BCUT2D eigenvalue weighted by Crippen LogP contribution is -2.03. The van der Waals surface area contributed by atoms with Crippen molar-refractivity contribution in [3.8, 4) is 34.0 Å². The number of benzene rings is 4. The molecule has 0 saturated heterocycles. The van der Waals surface area contributed by atoms with Gasteiger partial charge in [-0.3, -0.25) is 0 Å². The molecule has 5 aromatic rings. The van der Waals surface area contributed by atoms with E-state index < -0.39 is 17.9 Å². The van der Waals surface area contributed by atoms with Crippen LogP contribution in [0.4, 0.5) is 18.0 Å². The van der Waals surface area contributed by atoms with Crippen LogP contribution in [0.2, 0.25) is 0 Å². The van der Waals surface area contributed by atoms with Crippen LogP contribution >= 0.6 is 0 Å². The Labute approximate surface area is 189 Å². The number of aromatic amines is 1. The number of imidazole rings is 1. The van der Waals surface area contributed by atoms with Crippen LogP contribution in [0.3, 0.4) is 0 Å². The van der Waals surface area contributed by atoms with E-state index in [9.17, 15) is 23.1 Å². The van der Waals surface area contributed by atoms with Crippen molar-refractivity contribution in [2.75, 3.05) is 0 Å². The highest BCUT2D eigenvalue weighted by Crippen LogP contribution is 2.37. The fourth-order valence-electron chi connectivity index (χ4n) is 3.88. The molecule has 0 unspecified atom stereocenters. The number of halogens is 3. The van der Waals surface area contributed by atoms with Crippen LogP contribution in [0.15, 0.2) is 72.8 Å². The smallest absolute Gasteiger partial charge is 0.507 e. The third kappa shape index (κ3) is 3.88. The number of aromatic hydroxyl groups is 1. The number of rotatable bonds is 3. The fraction of sp³-hybridized carbons (Fsp3) is 0.0400. The molecule has 9 heteroatoms. The first-order valence-electron chi connectivity index (χ1n) is 10.0. The molecule has 0 atom stereocenters.